The Morgan fingerprint density at radius 3 is 2.61 bits per heavy atom. The molecule has 11 heteroatoms. The molecule has 2 N–H and O–H groups in total. The number of nitrogens with one attached hydrogen (secondary N) is 2. The zero-order valence-electron chi connectivity index (χ0n) is 14.5. The number of thioether (sulfide) groups is 1. The standard InChI is InChI=1S/C17H15ClN4O3S3/c1-2-26-17-21-20-16(27-17)19-15(23)13-9-8-11(10-14(13)18)22-28(24,25)12-6-4-3-5-7-12/h3-10,22H,2H2,1H3,(H,19,20,23). The van der Waals surface area contributed by atoms with Gasteiger partial charge in [0, 0.05) is 0 Å². The molecule has 0 radical (unpaired) electrons. The van der Waals surface area contributed by atoms with Crippen molar-refractivity contribution in [1.82, 2.24) is 10.2 Å². The molecule has 1 amide bonds. The second kappa shape index (κ2) is 8.91. The van der Waals surface area contributed by atoms with E-state index in [-0.39, 0.29) is 21.2 Å². The number of nitrogens with zero attached hydrogens (tertiary/aromatic N) is 2. The van der Waals surface area contributed by atoms with Gasteiger partial charge >= 0.3 is 0 Å². The maximum atomic E-state index is 12.4. The molecular weight excluding hydrogens is 440 g/mol. The highest BCUT2D eigenvalue weighted by Gasteiger charge is 2.17. The maximum Gasteiger partial charge on any atom is 0.261 e. The molecule has 0 aliphatic carbocycles. The molecule has 0 fully saturated rings. The van der Waals surface area contributed by atoms with Gasteiger partial charge in [0.15, 0.2) is 4.34 Å². The third kappa shape index (κ3) is 5.02. The number of carbonyl (C=O) groups excluding carboxylic acids is 1. The Kier molecular flexibility index (Phi) is 6.55. The minimum Gasteiger partial charge on any atom is -0.296 e. The third-order valence-corrected chi connectivity index (χ3v) is 6.98. The molecule has 0 atom stereocenters. The van der Waals surface area contributed by atoms with Gasteiger partial charge in [0.2, 0.25) is 5.13 Å². The smallest absolute Gasteiger partial charge is 0.261 e. The lowest BCUT2D eigenvalue weighted by molar-refractivity contribution is 0.102. The molecule has 0 unspecified atom stereocenters. The molecule has 3 rings (SSSR count). The molecule has 2 aromatic carbocycles. The Bertz CT molecular complexity index is 1090. The van der Waals surface area contributed by atoms with Gasteiger partial charge in [0.25, 0.3) is 15.9 Å². The van der Waals surface area contributed by atoms with Gasteiger partial charge in [-0.25, -0.2) is 8.42 Å². The molecular formula is C17H15ClN4O3S3. The lowest BCUT2D eigenvalue weighted by Crippen LogP contribution is -2.14. The number of benzene rings is 2. The quantitative estimate of drug-likeness (QED) is 0.406. The van der Waals surface area contributed by atoms with Crippen molar-refractivity contribution in [3.05, 3.63) is 59.1 Å². The van der Waals surface area contributed by atoms with Crippen molar-refractivity contribution in [3.8, 4) is 0 Å². The minimum absolute atomic E-state index is 0.110. The molecule has 1 aromatic heterocycles. The first-order valence-electron chi connectivity index (χ1n) is 8.04. The van der Waals surface area contributed by atoms with E-state index >= 15 is 0 Å². The van der Waals surface area contributed by atoms with Gasteiger partial charge in [-0.15, -0.1) is 10.2 Å². The SMILES string of the molecule is CCSc1nnc(NC(=O)c2ccc(NS(=O)(=O)c3ccccc3)cc2Cl)s1. The molecule has 1 heterocycles. The van der Waals surface area contributed by atoms with Crippen molar-refractivity contribution in [2.24, 2.45) is 0 Å². The fourth-order valence-corrected chi connectivity index (χ4v) is 5.16. The van der Waals surface area contributed by atoms with E-state index in [9.17, 15) is 13.2 Å². The Hall–Kier alpha value is -2.14. The van der Waals surface area contributed by atoms with E-state index in [1.165, 1.54) is 53.4 Å². The summed E-state index contributed by atoms with van der Waals surface area (Å²) in [6, 6.07) is 12.3. The molecule has 3 aromatic rings. The number of carbonyl (C=O) groups is 1. The second-order valence-electron chi connectivity index (χ2n) is 5.37. The first-order chi connectivity index (χ1) is 13.4. The van der Waals surface area contributed by atoms with Crippen molar-refractivity contribution in [2.75, 3.05) is 15.8 Å². The lowest BCUT2D eigenvalue weighted by Gasteiger charge is -2.10. The van der Waals surface area contributed by atoms with Crippen LogP contribution in [0.5, 0.6) is 0 Å². The topological polar surface area (TPSA) is 101 Å². The number of halogens is 1. The Morgan fingerprint density at radius 2 is 1.93 bits per heavy atom. The number of rotatable bonds is 7. The van der Waals surface area contributed by atoms with Crippen molar-refractivity contribution < 1.29 is 13.2 Å². The fraction of sp³-hybridized carbons (Fsp3) is 0.118. The van der Waals surface area contributed by atoms with Crippen LogP contribution in [0.25, 0.3) is 0 Å². The van der Waals surface area contributed by atoms with Crippen LogP contribution in [0.3, 0.4) is 0 Å². The molecule has 0 spiro atoms. The highest BCUT2D eigenvalue weighted by Crippen LogP contribution is 2.27. The van der Waals surface area contributed by atoms with Crippen LogP contribution in [0.2, 0.25) is 5.02 Å². The molecule has 28 heavy (non-hydrogen) atoms. The molecule has 0 aliphatic heterocycles. The van der Waals surface area contributed by atoms with E-state index in [4.69, 9.17) is 11.6 Å². The van der Waals surface area contributed by atoms with Crippen LogP contribution < -0.4 is 10.0 Å². The van der Waals surface area contributed by atoms with Gasteiger partial charge in [-0.05, 0) is 36.1 Å². The average molecular weight is 455 g/mol. The van der Waals surface area contributed by atoms with Crippen LogP contribution in [0, 0.1) is 0 Å². The number of anilines is 2. The first kappa shape index (κ1) is 20.6. The molecule has 7 nitrogen and oxygen atoms in total. The third-order valence-electron chi connectivity index (χ3n) is 3.41. The number of aromatic nitrogens is 2. The van der Waals surface area contributed by atoms with Crippen molar-refractivity contribution in [2.45, 2.75) is 16.2 Å². The number of amides is 1. The summed E-state index contributed by atoms with van der Waals surface area (Å²) < 4.78 is 28.0. The van der Waals surface area contributed by atoms with Crippen LogP contribution in [-0.2, 0) is 10.0 Å². The van der Waals surface area contributed by atoms with Crippen molar-refractivity contribution >= 4 is 61.4 Å². The largest absolute Gasteiger partial charge is 0.296 e. The summed E-state index contributed by atoms with van der Waals surface area (Å²) in [7, 11) is -3.74. The van der Waals surface area contributed by atoms with E-state index < -0.39 is 15.9 Å². The molecule has 0 saturated heterocycles. The average Bonchev–Trinajstić information content (AvgIpc) is 3.09. The summed E-state index contributed by atoms with van der Waals surface area (Å²) in [5, 5.41) is 11.0. The number of hydrogen-bond acceptors (Lipinski definition) is 7. The van der Waals surface area contributed by atoms with Crippen LogP contribution in [0.1, 0.15) is 17.3 Å². The van der Waals surface area contributed by atoms with E-state index in [0.717, 1.165) is 10.1 Å². The Morgan fingerprint density at radius 1 is 1.18 bits per heavy atom. The first-order valence-corrected chi connectivity index (χ1v) is 11.7. The normalized spacial score (nSPS) is 11.2. The van der Waals surface area contributed by atoms with Crippen LogP contribution in [0.15, 0.2) is 57.8 Å². The zero-order chi connectivity index (χ0) is 20.1. The molecule has 146 valence electrons. The van der Waals surface area contributed by atoms with Crippen LogP contribution >= 0.6 is 34.7 Å². The predicted octanol–water partition coefficient (Wildman–Crippen LogP) is 4.36. The Labute approximate surface area is 175 Å². The Balaban J connectivity index is 1.73. The second-order valence-corrected chi connectivity index (χ2v) is 9.95. The molecule has 0 saturated carbocycles. The highest BCUT2D eigenvalue weighted by molar-refractivity contribution is 8.01. The number of hydrogen-bond donors (Lipinski definition) is 2. The van der Waals surface area contributed by atoms with Gasteiger partial charge in [0.1, 0.15) is 0 Å². The fourth-order valence-electron chi connectivity index (χ4n) is 2.18. The summed E-state index contributed by atoms with van der Waals surface area (Å²) in [6.07, 6.45) is 0. The van der Waals surface area contributed by atoms with Gasteiger partial charge in [-0.2, -0.15) is 0 Å². The molecule has 0 bridgehead atoms. The summed E-state index contributed by atoms with van der Waals surface area (Å²) >= 11 is 8.99. The lowest BCUT2D eigenvalue weighted by atomic mass is 10.2. The van der Waals surface area contributed by atoms with Crippen LogP contribution in [-0.4, -0.2) is 30.3 Å². The molecule has 0 aliphatic rings. The summed E-state index contributed by atoms with van der Waals surface area (Å²) in [6.45, 7) is 2.00. The number of sulfonamides is 1. The van der Waals surface area contributed by atoms with Gasteiger partial charge in [0.05, 0.1) is 21.2 Å². The summed E-state index contributed by atoms with van der Waals surface area (Å²) in [5.41, 5.74) is 0.451. The van der Waals surface area contributed by atoms with Crippen molar-refractivity contribution in [3.63, 3.8) is 0 Å². The van der Waals surface area contributed by atoms with E-state index in [0.29, 0.717) is 5.13 Å². The van der Waals surface area contributed by atoms with E-state index in [1.807, 2.05) is 6.92 Å². The monoisotopic (exact) mass is 454 g/mol. The van der Waals surface area contributed by atoms with E-state index in [1.54, 1.807) is 18.2 Å². The summed E-state index contributed by atoms with van der Waals surface area (Å²) in [4.78, 5) is 12.5. The van der Waals surface area contributed by atoms with Crippen molar-refractivity contribution in [1.29, 1.82) is 0 Å². The van der Waals surface area contributed by atoms with Crippen LogP contribution in [0.4, 0.5) is 10.8 Å². The van der Waals surface area contributed by atoms with Gasteiger partial charge in [-0.1, -0.05) is 59.8 Å². The minimum atomic E-state index is -3.74. The zero-order valence-corrected chi connectivity index (χ0v) is 17.8. The maximum absolute atomic E-state index is 12.4. The highest BCUT2D eigenvalue weighted by atomic mass is 35.5. The van der Waals surface area contributed by atoms with E-state index in [2.05, 4.69) is 20.2 Å². The van der Waals surface area contributed by atoms with Gasteiger partial charge < -0.3 is 0 Å². The predicted molar refractivity (Wildman–Crippen MR) is 113 cm³/mol. The summed E-state index contributed by atoms with van der Waals surface area (Å²) in [5.74, 6) is 0.404. The van der Waals surface area contributed by atoms with Gasteiger partial charge in [-0.3, -0.25) is 14.8 Å².